The average molecular weight is 553 g/mol. The van der Waals surface area contributed by atoms with Gasteiger partial charge in [0, 0.05) is 11.1 Å². The second-order valence-corrected chi connectivity index (χ2v) is 9.64. The number of carbonyl (C=O) groups is 1. The number of allylic oxidation sites excluding steroid dienone is 1. The van der Waals surface area contributed by atoms with E-state index in [1.807, 2.05) is 6.92 Å². The van der Waals surface area contributed by atoms with Crippen LogP contribution in [-0.4, -0.2) is 45.6 Å². The fourth-order valence-electron chi connectivity index (χ4n) is 4.56. The number of carbonyl (C=O) groups excluding carboxylic acids is 1. The van der Waals surface area contributed by atoms with E-state index in [9.17, 15) is 9.59 Å². The number of rotatable bonds is 10. The van der Waals surface area contributed by atoms with Crippen LogP contribution >= 0.6 is 11.3 Å². The van der Waals surface area contributed by atoms with Crippen molar-refractivity contribution in [3.63, 3.8) is 0 Å². The van der Waals surface area contributed by atoms with Crippen LogP contribution in [0.5, 0.6) is 23.0 Å². The standard InChI is InChI=1S/C29H32N2O7S/c1-7-9-21-25(28(33)38-8-2)26(20-16-19(35-4)11-13-23(20)37-6)31-27(32)24(39-29(31)30-21)15-17-14-18(34-3)10-12-22(17)36-5/h10-16,26H,7-9H2,1-6H3/b24-15-/t26-/m1/s1. The Morgan fingerprint density at radius 1 is 0.974 bits per heavy atom. The summed E-state index contributed by atoms with van der Waals surface area (Å²) in [5.41, 5.74) is 1.85. The third-order valence-electron chi connectivity index (χ3n) is 6.35. The van der Waals surface area contributed by atoms with Crippen LogP contribution in [0.25, 0.3) is 6.08 Å². The van der Waals surface area contributed by atoms with Crippen LogP contribution in [0.3, 0.4) is 0 Å². The number of thiazole rings is 1. The predicted octanol–water partition coefficient (Wildman–Crippen LogP) is 3.61. The van der Waals surface area contributed by atoms with Crippen LogP contribution in [0.1, 0.15) is 43.9 Å². The lowest BCUT2D eigenvalue weighted by Crippen LogP contribution is -2.40. The average Bonchev–Trinajstić information content (AvgIpc) is 3.26. The zero-order valence-electron chi connectivity index (χ0n) is 22.9. The summed E-state index contributed by atoms with van der Waals surface area (Å²) in [5.74, 6) is 1.76. The van der Waals surface area contributed by atoms with Crippen molar-refractivity contribution in [1.29, 1.82) is 0 Å². The van der Waals surface area contributed by atoms with E-state index in [-0.39, 0.29) is 12.2 Å². The third-order valence-corrected chi connectivity index (χ3v) is 7.33. The maximum atomic E-state index is 14.1. The van der Waals surface area contributed by atoms with Gasteiger partial charge in [0.15, 0.2) is 4.80 Å². The molecule has 2 heterocycles. The Morgan fingerprint density at radius 3 is 2.26 bits per heavy atom. The summed E-state index contributed by atoms with van der Waals surface area (Å²) in [7, 11) is 6.25. The molecule has 0 bridgehead atoms. The van der Waals surface area contributed by atoms with E-state index >= 15 is 0 Å². The highest BCUT2D eigenvalue weighted by molar-refractivity contribution is 7.07. The predicted molar refractivity (Wildman–Crippen MR) is 149 cm³/mol. The van der Waals surface area contributed by atoms with Gasteiger partial charge in [0.25, 0.3) is 5.56 Å². The molecule has 10 heteroatoms. The Bertz CT molecular complexity index is 1590. The molecule has 0 radical (unpaired) electrons. The van der Waals surface area contributed by atoms with Crippen molar-refractivity contribution in [2.24, 2.45) is 4.99 Å². The van der Waals surface area contributed by atoms with Crippen LogP contribution < -0.4 is 33.8 Å². The lowest BCUT2D eigenvalue weighted by molar-refractivity contribution is -0.139. The zero-order chi connectivity index (χ0) is 28.1. The van der Waals surface area contributed by atoms with Crippen molar-refractivity contribution in [2.45, 2.75) is 32.7 Å². The number of nitrogens with zero attached hydrogens (tertiary/aromatic N) is 2. The number of methoxy groups -OCH3 is 4. The van der Waals surface area contributed by atoms with Crippen molar-refractivity contribution in [1.82, 2.24) is 4.57 Å². The van der Waals surface area contributed by atoms with Gasteiger partial charge in [-0.3, -0.25) is 9.36 Å². The number of benzene rings is 2. The van der Waals surface area contributed by atoms with Crippen molar-refractivity contribution in [3.05, 3.63) is 78.5 Å². The van der Waals surface area contributed by atoms with Crippen LogP contribution in [0.2, 0.25) is 0 Å². The summed E-state index contributed by atoms with van der Waals surface area (Å²) in [5, 5.41) is 0. The molecule has 0 spiro atoms. The molecular weight excluding hydrogens is 520 g/mol. The molecule has 0 saturated carbocycles. The van der Waals surface area contributed by atoms with E-state index in [0.717, 1.165) is 6.42 Å². The van der Waals surface area contributed by atoms with Crippen LogP contribution in [0, 0.1) is 0 Å². The highest BCUT2D eigenvalue weighted by atomic mass is 32.1. The number of aromatic nitrogens is 1. The number of hydrogen-bond acceptors (Lipinski definition) is 9. The topological polar surface area (TPSA) is 97.6 Å². The molecule has 1 atom stereocenters. The van der Waals surface area contributed by atoms with Crippen molar-refractivity contribution in [2.75, 3.05) is 35.0 Å². The molecule has 1 aromatic heterocycles. The summed E-state index contributed by atoms with van der Waals surface area (Å²) >= 11 is 1.24. The van der Waals surface area contributed by atoms with Crippen LogP contribution in [0.4, 0.5) is 0 Å². The minimum atomic E-state index is -0.832. The highest BCUT2D eigenvalue weighted by Gasteiger charge is 2.36. The molecule has 0 aliphatic carbocycles. The largest absolute Gasteiger partial charge is 0.497 e. The molecule has 206 valence electrons. The van der Waals surface area contributed by atoms with Gasteiger partial charge in [-0.1, -0.05) is 24.7 Å². The van der Waals surface area contributed by atoms with Gasteiger partial charge in [0.2, 0.25) is 0 Å². The Balaban J connectivity index is 2.07. The monoisotopic (exact) mass is 552 g/mol. The van der Waals surface area contributed by atoms with E-state index in [1.54, 1.807) is 77.8 Å². The fraction of sp³-hybridized carbons (Fsp3) is 0.345. The van der Waals surface area contributed by atoms with Gasteiger partial charge in [-0.15, -0.1) is 0 Å². The van der Waals surface area contributed by atoms with E-state index in [2.05, 4.69) is 0 Å². The molecule has 3 aromatic rings. The normalized spacial score (nSPS) is 14.9. The molecule has 1 aliphatic heterocycles. The molecule has 1 aliphatic rings. The van der Waals surface area contributed by atoms with Crippen molar-refractivity contribution in [3.8, 4) is 23.0 Å². The zero-order valence-corrected chi connectivity index (χ0v) is 23.7. The van der Waals surface area contributed by atoms with Crippen LogP contribution in [-0.2, 0) is 9.53 Å². The molecule has 0 fully saturated rings. The summed E-state index contributed by atoms with van der Waals surface area (Å²) in [6, 6.07) is 9.84. The van der Waals surface area contributed by atoms with E-state index in [4.69, 9.17) is 28.7 Å². The minimum Gasteiger partial charge on any atom is -0.497 e. The quantitative estimate of drug-likeness (QED) is 0.355. The second-order valence-electron chi connectivity index (χ2n) is 8.63. The summed E-state index contributed by atoms with van der Waals surface area (Å²) in [6.07, 6.45) is 3.03. The number of ether oxygens (including phenoxy) is 5. The molecular formula is C29H32N2O7S. The van der Waals surface area contributed by atoms with E-state index in [1.165, 1.54) is 15.9 Å². The van der Waals surface area contributed by atoms with Crippen molar-refractivity contribution < 1.29 is 28.5 Å². The molecule has 0 saturated heterocycles. The summed E-state index contributed by atoms with van der Waals surface area (Å²) in [6.45, 7) is 3.94. The summed E-state index contributed by atoms with van der Waals surface area (Å²) < 4.78 is 29.5. The Morgan fingerprint density at radius 2 is 1.64 bits per heavy atom. The molecule has 0 amide bonds. The third kappa shape index (κ3) is 5.42. The minimum absolute atomic E-state index is 0.184. The van der Waals surface area contributed by atoms with Gasteiger partial charge < -0.3 is 23.7 Å². The second kappa shape index (κ2) is 12.2. The SMILES string of the molecule is CCCC1=C(C(=O)OCC)[C@@H](c2cc(OC)ccc2OC)n2c(s/c(=C\c3cc(OC)ccc3OC)c2=O)=N1. The first-order valence-corrected chi connectivity index (χ1v) is 13.4. The Hall–Kier alpha value is -4.05. The number of esters is 1. The molecule has 2 aromatic carbocycles. The first-order chi connectivity index (χ1) is 18.9. The smallest absolute Gasteiger partial charge is 0.338 e. The maximum Gasteiger partial charge on any atom is 0.338 e. The fourth-order valence-corrected chi connectivity index (χ4v) is 5.57. The van der Waals surface area contributed by atoms with Gasteiger partial charge >= 0.3 is 5.97 Å². The van der Waals surface area contributed by atoms with Gasteiger partial charge in [-0.25, -0.2) is 9.79 Å². The maximum absolute atomic E-state index is 14.1. The Kier molecular flexibility index (Phi) is 8.75. The molecule has 4 rings (SSSR count). The van der Waals surface area contributed by atoms with E-state index in [0.29, 0.717) is 61.1 Å². The van der Waals surface area contributed by atoms with Gasteiger partial charge in [0.1, 0.15) is 29.0 Å². The number of fused-ring (bicyclic) bond motifs is 1. The first kappa shape index (κ1) is 28.0. The lowest BCUT2D eigenvalue weighted by atomic mass is 9.93. The van der Waals surface area contributed by atoms with E-state index < -0.39 is 12.0 Å². The summed E-state index contributed by atoms with van der Waals surface area (Å²) in [4.78, 5) is 32.8. The highest BCUT2D eigenvalue weighted by Crippen LogP contribution is 2.38. The molecule has 39 heavy (non-hydrogen) atoms. The van der Waals surface area contributed by atoms with Gasteiger partial charge in [-0.2, -0.15) is 0 Å². The number of hydrogen-bond donors (Lipinski definition) is 0. The first-order valence-electron chi connectivity index (χ1n) is 12.6. The van der Waals surface area contributed by atoms with Crippen LogP contribution in [0.15, 0.2) is 57.5 Å². The van der Waals surface area contributed by atoms with Gasteiger partial charge in [0.05, 0.1) is 50.8 Å². The Labute approximate surface area is 230 Å². The molecule has 9 nitrogen and oxygen atoms in total. The van der Waals surface area contributed by atoms with Gasteiger partial charge in [-0.05, 0) is 55.8 Å². The molecule has 0 unspecified atom stereocenters. The van der Waals surface area contributed by atoms with Crippen molar-refractivity contribution >= 4 is 23.4 Å². The molecule has 0 N–H and O–H groups in total. The lowest BCUT2D eigenvalue weighted by Gasteiger charge is -2.27.